The van der Waals surface area contributed by atoms with Gasteiger partial charge in [0.15, 0.2) is 0 Å². The summed E-state index contributed by atoms with van der Waals surface area (Å²) < 4.78 is 1.68. The minimum Gasteiger partial charge on any atom is -0.348 e. The molecule has 138 valence electrons. The minimum atomic E-state index is 0.0933. The monoisotopic (exact) mass is 347 g/mol. The molecule has 2 amide bonds. The van der Waals surface area contributed by atoms with Crippen LogP contribution in [0.4, 0.5) is 0 Å². The Morgan fingerprint density at radius 2 is 1.80 bits per heavy atom. The molecule has 2 aliphatic heterocycles. The van der Waals surface area contributed by atoms with Crippen molar-refractivity contribution in [3.05, 3.63) is 17.5 Å². The molecule has 0 aliphatic carbocycles. The number of likely N-dealkylation sites (tertiary alicyclic amines) is 2. The van der Waals surface area contributed by atoms with Gasteiger partial charge in [-0.15, -0.1) is 0 Å². The van der Waals surface area contributed by atoms with Gasteiger partial charge in [0.1, 0.15) is 5.69 Å². The predicted molar refractivity (Wildman–Crippen MR) is 95.2 cm³/mol. The molecule has 2 atom stereocenters. The van der Waals surface area contributed by atoms with Crippen LogP contribution in [0.3, 0.4) is 0 Å². The van der Waals surface area contributed by atoms with Gasteiger partial charge >= 0.3 is 0 Å². The highest BCUT2D eigenvalue weighted by atomic mass is 16.2. The van der Waals surface area contributed by atoms with Crippen LogP contribution < -0.4 is 0 Å². The van der Waals surface area contributed by atoms with Crippen molar-refractivity contribution in [3.63, 3.8) is 0 Å². The summed E-state index contributed by atoms with van der Waals surface area (Å²) in [5, 5.41) is 4.29. The van der Waals surface area contributed by atoms with Crippen molar-refractivity contribution in [2.45, 2.75) is 19.8 Å². The highest BCUT2D eigenvalue weighted by Crippen LogP contribution is 2.32. The molecular weight excluding hydrogens is 318 g/mol. The number of likely N-dealkylation sites (N-methyl/N-ethyl adjacent to an activating group) is 1. The van der Waals surface area contributed by atoms with Crippen LogP contribution in [0.5, 0.6) is 0 Å². The Kier molecular flexibility index (Phi) is 5.13. The lowest BCUT2D eigenvalue weighted by atomic mass is 9.92. The largest absolute Gasteiger partial charge is 0.348 e. The number of carbonyl (C=O) groups is 2. The van der Waals surface area contributed by atoms with Crippen molar-refractivity contribution < 1.29 is 9.59 Å². The van der Waals surface area contributed by atoms with Gasteiger partial charge in [-0.2, -0.15) is 5.10 Å². The zero-order valence-electron chi connectivity index (χ0n) is 15.7. The van der Waals surface area contributed by atoms with E-state index in [-0.39, 0.29) is 11.8 Å². The molecule has 2 saturated heterocycles. The van der Waals surface area contributed by atoms with Crippen LogP contribution in [0.25, 0.3) is 0 Å². The number of nitrogens with zero attached hydrogens (tertiary/aromatic N) is 5. The third-order valence-corrected chi connectivity index (χ3v) is 5.57. The third-order valence-electron chi connectivity index (χ3n) is 5.57. The van der Waals surface area contributed by atoms with Crippen LogP contribution in [0, 0.1) is 18.8 Å². The zero-order chi connectivity index (χ0) is 18.1. The van der Waals surface area contributed by atoms with E-state index < -0.39 is 0 Å². The Morgan fingerprint density at radius 3 is 2.28 bits per heavy atom. The molecule has 1 aromatic heterocycles. The van der Waals surface area contributed by atoms with E-state index in [4.69, 9.17) is 0 Å². The lowest BCUT2D eigenvalue weighted by molar-refractivity contribution is -0.129. The molecule has 7 nitrogen and oxygen atoms in total. The lowest BCUT2D eigenvalue weighted by Crippen LogP contribution is -2.38. The molecule has 1 aromatic rings. The number of carbonyl (C=O) groups excluding carboxylic acids is 2. The summed E-state index contributed by atoms with van der Waals surface area (Å²) in [6, 6.07) is 1.87. The molecule has 25 heavy (non-hydrogen) atoms. The summed E-state index contributed by atoms with van der Waals surface area (Å²) >= 11 is 0. The van der Waals surface area contributed by atoms with Crippen LogP contribution in [-0.2, 0) is 11.8 Å². The molecule has 0 unspecified atom stereocenters. The van der Waals surface area contributed by atoms with Crippen molar-refractivity contribution in [2.24, 2.45) is 18.9 Å². The van der Waals surface area contributed by atoms with E-state index in [2.05, 4.69) is 10.00 Å². The van der Waals surface area contributed by atoms with Crippen LogP contribution in [0.2, 0.25) is 0 Å². The highest BCUT2D eigenvalue weighted by molar-refractivity contribution is 5.92. The van der Waals surface area contributed by atoms with Gasteiger partial charge in [0.25, 0.3) is 5.91 Å². The Bertz CT molecular complexity index is 638. The molecule has 0 radical (unpaired) electrons. The van der Waals surface area contributed by atoms with Crippen LogP contribution in [-0.4, -0.2) is 83.1 Å². The minimum absolute atomic E-state index is 0.0933. The van der Waals surface area contributed by atoms with Crippen molar-refractivity contribution in [1.82, 2.24) is 24.5 Å². The standard InChI is InChI=1S/C18H29N5O2/c1-13-9-16(21(4)19-13)18(25)23-10-14-5-7-22(8-6-15(14)11-23)12-17(24)20(2)3/h9,14-15H,5-8,10-12H2,1-4H3/t14-,15+. The number of aromatic nitrogens is 2. The average molecular weight is 347 g/mol. The fourth-order valence-corrected chi connectivity index (χ4v) is 4.03. The fraction of sp³-hybridized carbons (Fsp3) is 0.722. The predicted octanol–water partition coefficient (Wildman–Crippen LogP) is 0.601. The maximum atomic E-state index is 12.8. The molecule has 2 fully saturated rings. The zero-order valence-corrected chi connectivity index (χ0v) is 15.7. The number of aryl methyl sites for hydroxylation is 2. The first-order valence-electron chi connectivity index (χ1n) is 9.07. The van der Waals surface area contributed by atoms with E-state index >= 15 is 0 Å². The van der Waals surface area contributed by atoms with Crippen molar-refractivity contribution in [3.8, 4) is 0 Å². The first kappa shape index (κ1) is 17.9. The molecule has 0 saturated carbocycles. The molecule has 0 bridgehead atoms. The summed E-state index contributed by atoms with van der Waals surface area (Å²) in [5.41, 5.74) is 1.55. The maximum Gasteiger partial charge on any atom is 0.272 e. The third kappa shape index (κ3) is 3.86. The van der Waals surface area contributed by atoms with Gasteiger partial charge in [-0.3, -0.25) is 19.2 Å². The van der Waals surface area contributed by atoms with Gasteiger partial charge in [0, 0.05) is 34.2 Å². The van der Waals surface area contributed by atoms with E-state index in [1.165, 1.54) is 0 Å². The van der Waals surface area contributed by atoms with Crippen LogP contribution in [0.1, 0.15) is 29.0 Å². The average Bonchev–Trinajstić information content (AvgIpc) is 3.06. The van der Waals surface area contributed by atoms with E-state index in [0.717, 1.165) is 44.7 Å². The second kappa shape index (κ2) is 7.15. The smallest absolute Gasteiger partial charge is 0.272 e. The summed E-state index contributed by atoms with van der Waals surface area (Å²) in [4.78, 5) is 30.6. The molecule has 3 rings (SSSR count). The highest BCUT2D eigenvalue weighted by Gasteiger charge is 2.37. The molecule has 7 heteroatoms. The van der Waals surface area contributed by atoms with Gasteiger partial charge in [-0.1, -0.05) is 0 Å². The number of hydrogen-bond acceptors (Lipinski definition) is 4. The molecule has 3 heterocycles. The van der Waals surface area contributed by atoms with Gasteiger partial charge < -0.3 is 9.80 Å². The summed E-state index contributed by atoms with van der Waals surface area (Å²) in [5.74, 6) is 1.33. The van der Waals surface area contributed by atoms with Gasteiger partial charge in [-0.25, -0.2) is 0 Å². The Hall–Kier alpha value is -1.89. The quantitative estimate of drug-likeness (QED) is 0.803. The van der Waals surface area contributed by atoms with E-state index in [1.54, 1.807) is 23.7 Å². The van der Waals surface area contributed by atoms with E-state index in [1.807, 2.05) is 24.9 Å². The van der Waals surface area contributed by atoms with E-state index in [9.17, 15) is 9.59 Å². The summed E-state index contributed by atoms with van der Waals surface area (Å²) in [6.07, 6.45) is 2.11. The van der Waals surface area contributed by atoms with Crippen molar-refractivity contribution in [2.75, 3.05) is 46.8 Å². The first-order valence-corrected chi connectivity index (χ1v) is 9.07. The Morgan fingerprint density at radius 1 is 1.20 bits per heavy atom. The normalized spacial score (nSPS) is 24.1. The number of rotatable bonds is 3. The Labute approximate surface area is 149 Å². The number of hydrogen-bond donors (Lipinski definition) is 0. The Balaban J connectivity index is 1.58. The molecule has 0 spiro atoms. The topological polar surface area (TPSA) is 61.7 Å². The van der Waals surface area contributed by atoms with Gasteiger partial charge in [-0.05, 0) is 50.8 Å². The first-order chi connectivity index (χ1) is 11.8. The van der Waals surface area contributed by atoms with Crippen LogP contribution >= 0.6 is 0 Å². The second-order valence-corrected chi connectivity index (χ2v) is 7.67. The molecule has 0 aromatic carbocycles. The molecule has 0 N–H and O–H groups in total. The summed E-state index contributed by atoms with van der Waals surface area (Å²) in [7, 11) is 5.44. The number of fused-ring (bicyclic) bond motifs is 1. The molecular formula is C18H29N5O2. The summed E-state index contributed by atoms with van der Waals surface area (Å²) in [6.45, 7) is 5.94. The molecule has 2 aliphatic rings. The van der Waals surface area contributed by atoms with Gasteiger partial charge in [0.2, 0.25) is 5.91 Å². The lowest BCUT2D eigenvalue weighted by Gasteiger charge is -2.23. The fourth-order valence-electron chi connectivity index (χ4n) is 4.03. The SMILES string of the molecule is Cc1cc(C(=O)N2C[C@H]3CCN(CC(=O)N(C)C)CC[C@H]3C2)n(C)n1. The van der Waals surface area contributed by atoms with Crippen molar-refractivity contribution in [1.29, 1.82) is 0 Å². The van der Waals surface area contributed by atoms with Gasteiger partial charge in [0.05, 0.1) is 12.2 Å². The van der Waals surface area contributed by atoms with Crippen LogP contribution in [0.15, 0.2) is 6.07 Å². The van der Waals surface area contributed by atoms with E-state index in [0.29, 0.717) is 24.1 Å². The maximum absolute atomic E-state index is 12.8. The number of amides is 2. The second-order valence-electron chi connectivity index (χ2n) is 7.67. The van der Waals surface area contributed by atoms with Crippen molar-refractivity contribution >= 4 is 11.8 Å².